The van der Waals surface area contributed by atoms with Crippen LogP contribution in [0.2, 0.25) is 0 Å². The summed E-state index contributed by atoms with van der Waals surface area (Å²) in [5, 5.41) is 0. The van der Waals surface area contributed by atoms with Crippen LogP contribution in [0.4, 0.5) is 11.4 Å². The summed E-state index contributed by atoms with van der Waals surface area (Å²) >= 11 is 0. The third kappa shape index (κ3) is 6.37. The van der Waals surface area contributed by atoms with Gasteiger partial charge in [-0.25, -0.2) is 8.42 Å². The van der Waals surface area contributed by atoms with E-state index in [1.165, 1.54) is 52.7 Å². The summed E-state index contributed by atoms with van der Waals surface area (Å²) in [5.41, 5.74) is 1.20. The van der Waals surface area contributed by atoms with Crippen LogP contribution in [0, 0.1) is 0 Å². The van der Waals surface area contributed by atoms with Gasteiger partial charge in [-0.05, 0) is 48.5 Å². The summed E-state index contributed by atoms with van der Waals surface area (Å²) in [7, 11) is 3.15. The van der Waals surface area contributed by atoms with E-state index < -0.39 is 16.6 Å². The Morgan fingerprint density at radius 2 is 1.29 bits per heavy atom. The van der Waals surface area contributed by atoms with Gasteiger partial charge in [0.1, 0.15) is 23.8 Å². The molecule has 12 heteroatoms. The van der Waals surface area contributed by atoms with Crippen LogP contribution in [0.3, 0.4) is 0 Å². The number of methoxy groups -OCH3 is 5. The molecule has 41 heavy (non-hydrogen) atoms. The number of sulfonamides is 1. The van der Waals surface area contributed by atoms with Gasteiger partial charge in [-0.15, -0.1) is 0 Å². The van der Waals surface area contributed by atoms with Crippen molar-refractivity contribution in [2.24, 2.45) is 0 Å². The smallest absolute Gasteiger partial charge is 0.265 e. The number of hydrogen-bond acceptors (Lipinski definition) is 9. The van der Waals surface area contributed by atoms with Crippen LogP contribution >= 0.6 is 0 Å². The van der Waals surface area contributed by atoms with Crippen LogP contribution in [0.25, 0.3) is 0 Å². The molecule has 0 aliphatic carbocycles. The Morgan fingerprint density at radius 3 is 1.88 bits per heavy atom. The second-order valence-electron chi connectivity index (χ2n) is 9.13. The normalized spacial score (nSPS) is 13.4. The fraction of sp³-hybridized carbons (Fsp3) is 0.345. The molecule has 4 rings (SSSR count). The average molecular weight is 586 g/mol. The van der Waals surface area contributed by atoms with Gasteiger partial charge < -0.3 is 33.5 Å². The SMILES string of the molecule is COc1ccc(N2CCN(C(=O)CN(c3cc(OC)ccc3OC)S(=O)(=O)c3ccc(OC)c(OC)c3)CC2)cc1. The highest BCUT2D eigenvalue weighted by Gasteiger charge is 2.33. The summed E-state index contributed by atoms with van der Waals surface area (Å²) < 4.78 is 56.0. The highest BCUT2D eigenvalue weighted by Crippen LogP contribution is 2.37. The molecule has 1 fully saturated rings. The van der Waals surface area contributed by atoms with Crippen LogP contribution in [0.5, 0.6) is 28.7 Å². The summed E-state index contributed by atoms with van der Waals surface area (Å²) in [5.74, 6) is 1.73. The van der Waals surface area contributed by atoms with E-state index >= 15 is 0 Å². The maximum absolute atomic E-state index is 14.1. The number of amides is 1. The maximum atomic E-state index is 14.1. The minimum atomic E-state index is -4.27. The van der Waals surface area contributed by atoms with Crippen molar-refractivity contribution in [3.63, 3.8) is 0 Å². The van der Waals surface area contributed by atoms with Crippen LogP contribution in [0.15, 0.2) is 65.6 Å². The standard InChI is InChI=1S/C29H35N3O8S/c1-36-22-8-6-21(7-9-22)30-14-16-31(17-15-30)29(33)20-32(25-18-23(37-2)10-12-26(25)38-3)41(34,35)24-11-13-27(39-4)28(19-24)40-5/h6-13,18-19H,14-17,20H2,1-5H3. The Bertz CT molecular complexity index is 1460. The number of nitrogens with zero attached hydrogens (tertiary/aromatic N) is 3. The molecular formula is C29H35N3O8S. The number of carbonyl (C=O) groups excluding carboxylic acids is 1. The third-order valence-electron chi connectivity index (χ3n) is 6.95. The van der Waals surface area contributed by atoms with E-state index in [1.807, 2.05) is 24.3 Å². The number of anilines is 2. The molecule has 11 nitrogen and oxygen atoms in total. The number of carbonyl (C=O) groups is 1. The first-order valence-electron chi connectivity index (χ1n) is 12.9. The molecule has 0 bridgehead atoms. The monoisotopic (exact) mass is 585 g/mol. The van der Waals surface area contributed by atoms with Crippen molar-refractivity contribution >= 4 is 27.3 Å². The molecule has 3 aromatic rings. The molecule has 1 aliphatic heterocycles. The number of hydrogen-bond donors (Lipinski definition) is 0. The van der Waals surface area contributed by atoms with Crippen molar-refractivity contribution in [2.75, 3.05) is 77.5 Å². The van der Waals surface area contributed by atoms with Crippen LogP contribution in [-0.2, 0) is 14.8 Å². The van der Waals surface area contributed by atoms with Crippen molar-refractivity contribution in [1.29, 1.82) is 0 Å². The van der Waals surface area contributed by atoms with Crippen molar-refractivity contribution < 1.29 is 36.9 Å². The zero-order valence-corrected chi connectivity index (χ0v) is 24.6. The Balaban J connectivity index is 1.63. The minimum absolute atomic E-state index is 0.0721. The number of benzene rings is 3. The fourth-order valence-corrected chi connectivity index (χ4v) is 6.06. The van der Waals surface area contributed by atoms with Gasteiger partial charge in [0.05, 0.1) is 46.1 Å². The first kappa shape index (κ1) is 29.7. The van der Waals surface area contributed by atoms with E-state index in [9.17, 15) is 13.2 Å². The molecule has 1 heterocycles. The first-order valence-corrected chi connectivity index (χ1v) is 14.3. The van der Waals surface area contributed by atoms with Gasteiger partial charge >= 0.3 is 0 Å². The van der Waals surface area contributed by atoms with Gasteiger partial charge in [-0.3, -0.25) is 9.10 Å². The van der Waals surface area contributed by atoms with Gasteiger partial charge in [0.2, 0.25) is 5.91 Å². The average Bonchev–Trinajstić information content (AvgIpc) is 3.02. The largest absolute Gasteiger partial charge is 0.497 e. The molecule has 0 atom stereocenters. The second kappa shape index (κ2) is 12.9. The number of piperazine rings is 1. The predicted octanol–water partition coefficient (Wildman–Crippen LogP) is 3.27. The maximum Gasteiger partial charge on any atom is 0.265 e. The highest BCUT2D eigenvalue weighted by atomic mass is 32.2. The molecule has 1 saturated heterocycles. The summed E-state index contributed by atoms with van der Waals surface area (Å²) in [6.07, 6.45) is 0. The Kier molecular flexibility index (Phi) is 9.33. The number of rotatable bonds is 11. The van der Waals surface area contributed by atoms with Crippen LogP contribution in [0.1, 0.15) is 0 Å². The van der Waals surface area contributed by atoms with Crippen LogP contribution in [-0.4, -0.2) is 87.5 Å². The molecule has 0 radical (unpaired) electrons. The summed E-state index contributed by atoms with van der Waals surface area (Å²) in [6, 6.07) is 16.8. The molecule has 0 unspecified atom stereocenters. The molecule has 0 aromatic heterocycles. The Morgan fingerprint density at radius 1 is 0.707 bits per heavy atom. The van der Waals surface area contributed by atoms with Gasteiger partial charge in [0, 0.05) is 44.0 Å². The molecule has 3 aromatic carbocycles. The lowest BCUT2D eigenvalue weighted by Crippen LogP contribution is -2.52. The van der Waals surface area contributed by atoms with Crippen molar-refractivity contribution in [1.82, 2.24) is 4.90 Å². The van der Waals surface area contributed by atoms with Crippen molar-refractivity contribution in [3.8, 4) is 28.7 Å². The molecule has 0 spiro atoms. The van der Waals surface area contributed by atoms with Crippen LogP contribution < -0.4 is 32.9 Å². The molecule has 0 N–H and O–H groups in total. The van der Waals surface area contributed by atoms with E-state index in [0.29, 0.717) is 37.7 Å². The zero-order valence-electron chi connectivity index (χ0n) is 23.8. The first-order chi connectivity index (χ1) is 19.7. The lowest BCUT2D eigenvalue weighted by Gasteiger charge is -2.37. The van der Waals surface area contributed by atoms with E-state index in [2.05, 4.69) is 4.90 Å². The van der Waals surface area contributed by atoms with Crippen molar-refractivity contribution in [3.05, 3.63) is 60.7 Å². The van der Waals surface area contributed by atoms with E-state index in [1.54, 1.807) is 24.1 Å². The minimum Gasteiger partial charge on any atom is -0.497 e. The van der Waals surface area contributed by atoms with Gasteiger partial charge in [0.15, 0.2) is 11.5 Å². The molecule has 1 aliphatic rings. The predicted molar refractivity (Wildman–Crippen MR) is 155 cm³/mol. The van der Waals surface area contributed by atoms with Gasteiger partial charge in [0.25, 0.3) is 10.0 Å². The Hall–Kier alpha value is -4.32. The van der Waals surface area contributed by atoms with E-state index in [-0.39, 0.29) is 28.0 Å². The van der Waals surface area contributed by atoms with Gasteiger partial charge in [-0.1, -0.05) is 0 Å². The third-order valence-corrected chi connectivity index (χ3v) is 8.70. The molecule has 0 saturated carbocycles. The van der Waals surface area contributed by atoms with Crippen molar-refractivity contribution in [2.45, 2.75) is 4.90 Å². The topological polar surface area (TPSA) is 107 Å². The summed E-state index contributed by atoms with van der Waals surface area (Å²) in [4.78, 5) is 17.4. The second-order valence-corrected chi connectivity index (χ2v) is 11.0. The quantitative estimate of drug-likeness (QED) is 0.335. The molecule has 1 amide bonds. The fourth-order valence-electron chi connectivity index (χ4n) is 4.63. The van der Waals surface area contributed by atoms with E-state index in [0.717, 1.165) is 15.7 Å². The summed E-state index contributed by atoms with van der Waals surface area (Å²) in [6.45, 7) is 1.63. The highest BCUT2D eigenvalue weighted by molar-refractivity contribution is 7.92. The molecular weight excluding hydrogens is 550 g/mol. The van der Waals surface area contributed by atoms with Gasteiger partial charge in [-0.2, -0.15) is 0 Å². The lowest BCUT2D eigenvalue weighted by molar-refractivity contribution is -0.129. The Labute approximate surface area is 240 Å². The zero-order chi connectivity index (χ0) is 29.6. The lowest BCUT2D eigenvalue weighted by atomic mass is 10.2. The molecule has 220 valence electrons. The van der Waals surface area contributed by atoms with E-state index in [4.69, 9.17) is 23.7 Å². The number of ether oxygens (including phenoxy) is 5.